The predicted molar refractivity (Wildman–Crippen MR) is 128 cm³/mol. The van der Waals surface area contributed by atoms with E-state index in [1.165, 1.54) is 18.6 Å². The van der Waals surface area contributed by atoms with E-state index in [1.54, 1.807) is 23.5 Å². The maximum absolute atomic E-state index is 13.6. The van der Waals surface area contributed by atoms with Crippen LogP contribution in [-0.2, 0) is 22.7 Å². The van der Waals surface area contributed by atoms with Crippen molar-refractivity contribution in [2.45, 2.75) is 78.4 Å². The van der Waals surface area contributed by atoms with Crippen LogP contribution in [0.2, 0.25) is 0 Å². The molecule has 0 radical (unpaired) electrons. The zero-order valence-corrected chi connectivity index (χ0v) is 20.3. The maximum Gasteiger partial charge on any atom is 0.242 e. The number of nitrogens with zero attached hydrogens (tertiary/aromatic N) is 2. The highest BCUT2D eigenvalue weighted by Crippen LogP contribution is 2.25. The molecule has 0 aliphatic heterocycles. The summed E-state index contributed by atoms with van der Waals surface area (Å²) >= 11 is 1.64. The van der Waals surface area contributed by atoms with Crippen molar-refractivity contribution in [1.82, 2.24) is 9.80 Å². The second kappa shape index (κ2) is 11.6. The third-order valence-corrected chi connectivity index (χ3v) is 7.17. The van der Waals surface area contributed by atoms with Crippen LogP contribution in [0.25, 0.3) is 0 Å². The van der Waals surface area contributed by atoms with Crippen LogP contribution in [0.4, 0.5) is 4.39 Å². The Bertz CT molecular complexity index is 887. The topological polar surface area (TPSA) is 40.6 Å². The second-order valence-corrected chi connectivity index (χ2v) is 10.3. The standard InChI is InChI=1S/C26H35FN2O2S/c1-19(2)15-25(30)29(23-7-5-4-6-8-23)18-26(31)28(17-24-20(3)13-14-32-24)16-21-9-11-22(27)12-10-21/h9-14,19,23H,4-8,15-18H2,1-3H3. The van der Waals surface area contributed by atoms with Gasteiger partial charge in [-0.1, -0.05) is 45.2 Å². The van der Waals surface area contributed by atoms with E-state index >= 15 is 0 Å². The van der Waals surface area contributed by atoms with E-state index in [1.807, 2.05) is 36.0 Å². The SMILES string of the molecule is Cc1ccsc1CN(Cc1ccc(F)cc1)C(=O)CN(C(=O)CC(C)C)C1CCCCC1. The summed E-state index contributed by atoms with van der Waals surface area (Å²) in [5, 5.41) is 2.03. The predicted octanol–water partition coefficient (Wildman–Crippen LogP) is 5.93. The molecule has 2 aromatic rings. The third kappa shape index (κ3) is 6.89. The number of carbonyl (C=O) groups is 2. The number of thiophene rings is 1. The van der Waals surface area contributed by atoms with Gasteiger partial charge in [-0.3, -0.25) is 9.59 Å². The van der Waals surface area contributed by atoms with Gasteiger partial charge in [-0.2, -0.15) is 0 Å². The normalized spacial score (nSPS) is 14.5. The second-order valence-electron chi connectivity index (χ2n) is 9.31. The molecule has 0 unspecified atom stereocenters. The molecule has 0 N–H and O–H groups in total. The van der Waals surface area contributed by atoms with E-state index in [0.717, 1.165) is 41.7 Å². The lowest BCUT2D eigenvalue weighted by Crippen LogP contribution is -2.48. The molecule has 0 atom stereocenters. The molecule has 174 valence electrons. The molecule has 1 saturated carbocycles. The van der Waals surface area contributed by atoms with Gasteiger partial charge in [-0.05, 0) is 60.4 Å². The molecule has 1 aromatic carbocycles. The van der Waals surface area contributed by atoms with Crippen molar-refractivity contribution in [2.75, 3.05) is 6.54 Å². The van der Waals surface area contributed by atoms with E-state index < -0.39 is 0 Å². The van der Waals surface area contributed by atoms with Crippen molar-refractivity contribution in [1.29, 1.82) is 0 Å². The minimum Gasteiger partial charge on any atom is -0.332 e. The molecule has 6 heteroatoms. The molecular weight excluding hydrogens is 423 g/mol. The molecule has 0 saturated heterocycles. The number of amides is 2. The van der Waals surface area contributed by atoms with Gasteiger partial charge in [-0.25, -0.2) is 4.39 Å². The monoisotopic (exact) mass is 458 g/mol. The maximum atomic E-state index is 13.6. The van der Waals surface area contributed by atoms with Crippen LogP contribution in [0.1, 0.15) is 68.4 Å². The van der Waals surface area contributed by atoms with Gasteiger partial charge in [-0.15, -0.1) is 11.3 Å². The Labute approximate surface area is 195 Å². The molecule has 1 aliphatic carbocycles. The minimum atomic E-state index is -0.288. The zero-order chi connectivity index (χ0) is 23.1. The van der Waals surface area contributed by atoms with Crippen molar-refractivity contribution in [2.24, 2.45) is 5.92 Å². The fourth-order valence-corrected chi connectivity index (χ4v) is 5.23. The average molecular weight is 459 g/mol. The molecule has 0 spiro atoms. The van der Waals surface area contributed by atoms with Crippen LogP contribution in [-0.4, -0.2) is 34.2 Å². The average Bonchev–Trinajstić information content (AvgIpc) is 3.17. The van der Waals surface area contributed by atoms with Gasteiger partial charge in [0.2, 0.25) is 11.8 Å². The molecular formula is C26H35FN2O2S. The molecule has 32 heavy (non-hydrogen) atoms. The lowest BCUT2D eigenvalue weighted by molar-refractivity contribution is -0.144. The highest BCUT2D eigenvalue weighted by Gasteiger charge is 2.29. The summed E-state index contributed by atoms with van der Waals surface area (Å²) in [5.41, 5.74) is 2.04. The first-order chi connectivity index (χ1) is 15.3. The van der Waals surface area contributed by atoms with Crippen LogP contribution >= 0.6 is 11.3 Å². The molecule has 3 rings (SSSR count). The van der Waals surface area contributed by atoms with Gasteiger partial charge in [0, 0.05) is 23.9 Å². The van der Waals surface area contributed by atoms with Crippen LogP contribution in [0, 0.1) is 18.7 Å². The van der Waals surface area contributed by atoms with E-state index in [9.17, 15) is 14.0 Å². The first-order valence-corrected chi connectivity index (χ1v) is 12.6. The van der Waals surface area contributed by atoms with E-state index in [-0.39, 0.29) is 36.1 Å². The first kappa shape index (κ1) is 24.4. The van der Waals surface area contributed by atoms with Crippen molar-refractivity contribution < 1.29 is 14.0 Å². The molecule has 1 fully saturated rings. The van der Waals surface area contributed by atoms with Crippen molar-refractivity contribution in [3.05, 3.63) is 57.5 Å². The summed E-state index contributed by atoms with van der Waals surface area (Å²) in [6.07, 6.45) is 5.82. The fourth-order valence-electron chi connectivity index (χ4n) is 4.31. The van der Waals surface area contributed by atoms with Gasteiger partial charge in [0.1, 0.15) is 12.4 Å². The first-order valence-electron chi connectivity index (χ1n) is 11.7. The number of aryl methyl sites for hydroxylation is 1. The summed E-state index contributed by atoms with van der Waals surface area (Å²) in [6, 6.07) is 8.50. The van der Waals surface area contributed by atoms with Gasteiger partial charge in [0.15, 0.2) is 0 Å². The van der Waals surface area contributed by atoms with Gasteiger partial charge in [0.05, 0.1) is 6.54 Å². The van der Waals surface area contributed by atoms with Crippen LogP contribution < -0.4 is 0 Å². The van der Waals surface area contributed by atoms with Gasteiger partial charge >= 0.3 is 0 Å². The Morgan fingerprint density at radius 2 is 1.72 bits per heavy atom. The van der Waals surface area contributed by atoms with E-state index in [4.69, 9.17) is 0 Å². The summed E-state index contributed by atoms with van der Waals surface area (Å²) in [5.74, 6) is -0.00430. The van der Waals surface area contributed by atoms with Crippen molar-refractivity contribution in [3.8, 4) is 0 Å². The van der Waals surface area contributed by atoms with Crippen LogP contribution in [0.3, 0.4) is 0 Å². The molecule has 4 nitrogen and oxygen atoms in total. The third-order valence-electron chi connectivity index (χ3n) is 6.17. The summed E-state index contributed by atoms with van der Waals surface area (Å²) < 4.78 is 13.4. The highest BCUT2D eigenvalue weighted by atomic mass is 32.1. The molecule has 1 heterocycles. The molecule has 1 aliphatic rings. The Kier molecular flexibility index (Phi) is 8.85. The van der Waals surface area contributed by atoms with Crippen molar-refractivity contribution >= 4 is 23.2 Å². The minimum absolute atomic E-state index is 0.0511. The number of halogens is 1. The highest BCUT2D eigenvalue weighted by molar-refractivity contribution is 7.10. The van der Waals surface area contributed by atoms with Gasteiger partial charge < -0.3 is 9.80 Å². The summed E-state index contributed by atoms with van der Waals surface area (Å²) in [4.78, 5) is 31.4. The van der Waals surface area contributed by atoms with E-state index in [0.29, 0.717) is 19.5 Å². The van der Waals surface area contributed by atoms with Gasteiger partial charge in [0.25, 0.3) is 0 Å². The fraction of sp³-hybridized carbons (Fsp3) is 0.538. The molecule has 2 amide bonds. The summed E-state index contributed by atoms with van der Waals surface area (Å²) in [6.45, 7) is 7.14. The Morgan fingerprint density at radius 3 is 2.31 bits per heavy atom. The molecule has 0 bridgehead atoms. The zero-order valence-electron chi connectivity index (χ0n) is 19.5. The molecule has 1 aromatic heterocycles. The number of hydrogen-bond acceptors (Lipinski definition) is 3. The number of rotatable bonds is 9. The van der Waals surface area contributed by atoms with Crippen LogP contribution in [0.15, 0.2) is 35.7 Å². The lowest BCUT2D eigenvalue weighted by atomic mass is 9.93. The number of carbonyl (C=O) groups excluding carboxylic acids is 2. The Morgan fingerprint density at radius 1 is 1.03 bits per heavy atom. The number of hydrogen-bond donors (Lipinski definition) is 0. The quantitative estimate of drug-likeness (QED) is 0.467. The lowest BCUT2D eigenvalue weighted by Gasteiger charge is -2.36. The van der Waals surface area contributed by atoms with E-state index in [2.05, 4.69) is 6.07 Å². The van der Waals surface area contributed by atoms with Crippen LogP contribution in [0.5, 0.6) is 0 Å². The smallest absolute Gasteiger partial charge is 0.242 e. The number of benzene rings is 1. The summed E-state index contributed by atoms with van der Waals surface area (Å²) in [7, 11) is 0. The Hall–Kier alpha value is -2.21. The van der Waals surface area contributed by atoms with Crippen molar-refractivity contribution in [3.63, 3.8) is 0 Å². The Balaban J connectivity index is 1.80. The largest absolute Gasteiger partial charge is 0.332 e.